The monoisotopic (exact) mass is 732 g/mol. The van der Waals surface area contributed by atoms with Gasteiger partial charge in [0.15, 0.2) is 0 Å². The number of thiophene rings is 1. The second kappa shape index (κ2) is 12.2. The molecule has 8 aromatic carbocycles. The van der Waals surface area contributed by atoms with E-state index >= 15 is 0 Å². The number of nitrogens with zero attached hydrogens (tertiary/aromatic N) is 2. The van der Waals surface area contributed by atoms with Gasteiger partial charge in [-0.1, -0.05) is 133 Å². The number of fused-ring (bicyclic) bond motifs is 10. The lowest BCUT2D eigenvalue weighted by molar-refractivity contribution is 0.645. The minimum absolute atomic E-state index is 0.861. The van der Waals surface area contributed by atoms with Gasteiger partial charge >= 0.3 is 0 Å². The van der Waals surface area contributed by atoms with Crippen LogP contribution < -0.4 is 0 Å². The molecular weight excluding hydrogens is 701 g/mol. The maximum Gasteiger partial charge on any atom is 0.213 e. The number of hydrogen-bond acceptors (Lipinski definition) is 2. The van der Waals surface area contributed by atoms with Crippen LogP contribution in [0.2, 0.25) is 0 Å². The standard InChI is InChI=1S/C52H32N2OS/c1-3-13-33(14-4-1)35-17-11-19-39(29-35)53-45-27-25-37(31-43(45)49-41-21-7-9-23-47(41)55-51(49)53)38-26-28-46-44(32-38)50-42-22-8-10-24-48(42)56-52(50)54(46)40-20-12-18-36(30-40)34-15-5-2-6-16-34/h1-32H. The topological polar surface area (TPSA) is 23.0 Å². The molecular formula is C52H32N2OS. The van der Waals surface area contributed by atoms with Crippen molar-refractivity contribution in [2.24, 2.45) is 0 Å². The molecule has 0 unspecified atom stereocenters. The predicted molar refractivity (Wildman–Crippen MR) is 237 cm³/mol. The lowest BCUT2D eigenvalue weighted by Gasteiger charge is -2.11. The van der Waals surface area contributed by atoms with E-state index < -0.39 is 0 Å². The quantitative estimate of drug-likeness (QED) is 0.173. The van der Waals surface area contributed by atoms with E-state index in [2.05, 4.69) is 197 Å². The van der Waals surface area contributed by atoms with Gasteiger partial charge in [0.05, 0.1) is 16.4 Å². The molecule has 3 nitrogen and oxygen atoms in total. The van der Waals surface area contributed by atoms with Gasteiger partial charge < -0.3 is 8.98 Å². The first-order valence-corrected chi connectivity index (χ1v) is 19.8. The second-order valence-electron chi connectivity index (χ2n) is 14.5. The summed E-state index contributed by atoms with van der Waals surface area (Å²) < 4.78 is 12.7. The van der Waals surface area contributed by atoms with Crippen LogP contribution in [0.4, 0.5) is 0 Å². The third kappa shape index (κ3) is 4.70. The highest BCUT2D eigenvalue weighted by Gasteiger charge is 2.22. The maximum atomic E-state index is 6.69. The van der Waals surface area contributed by atoms with Crippen molar-refractivity contribution in [2.75, 3.05) is 0 Å². The van der Waals surface area contributed by atoms with Crippen LogP contribution in [0.5, 0.6) is 0 Å². The summed E-state index contributed by atoms with van der Waals surface area (Å²) in [6.07, 6.45) is 0. The van der Waals surface area contributed by atoms with E-state index in [1.165, 1.54) is 75.7 Å². The Morgan fingerprint density at radius 2 is 0.875 bits per heavy atom. The van der Waals surface area contributed by atoms with Crippen LogP contribution in [0, 0.1) is 0 Å². The molecule has 4 heteroatoms. The van der Waals surface area contributed by atoms with Crippen molar-refractivity contribution >= 4 is 75.5 Å². The minimum Gasteiger partial charge on any atom is -0.439 e. The average molecular weight is 733 g/mol. The molecule has 262 valence electrons. The lowest BCUT2D eigenvalue weighted by atomic mass is 10.00. The summed E-state index contributed by atoms with van der Waals surface area (Å²) in [5, 5.41) is 7.30. The SMILES string of the molecule is c1ccc(-c2cccc(-n3c4ccc(-c5ccc6c(c5)c5c7ccccc7sc5n6-c5cccc(-c6ccccc6)c5)cc4c4c5ccccc5oc43)c2)cc1. The summed E-state index contributed by atoms with van der Waals surface area (Å²) in [7, 11) is 0. The van der Waals surface area contributed by atoms with Gasteiger partial charge in [-0.2, -0.15) is 0 Å². The first-order chi connectivity index (χ1) is 27.8. The van der Waals surface area contributed by atoms with Gasteiger partial charge in [0.1, 0.15) is 10.4 Å². The summed E-state index contributed by atoms with van der Waals surface area (Å²) >= 11 is 1.87. The van der Waals surface area contributed by atoms with E-state index in [4.69, 9.17) is 4.42 Å². The highest BCUT2D eigenvalue weighted by molar-refractivity contribution is 7.25. The fraction of sp³-hybridized carbons (Fsp3) is 0. The Balaban J connectivity index is 1.07. The van der Waals surface area contributed by atoms with Gasteiger partial charge in [-0.3, -0.25) is 4.57 Å². The van der Waals surface area contributed by atoms with E-state index in [1.807, 2.05) is 17.4 Å². The van der Waals surface area contributed by atoms with Crippen LogP contribution in [0.25, 0.3) is 109 Å². The maximum absolute atomic E-state index is 6.69. The van der Waals surface area contributed by atoms with Crippen molar-refractivity contribution in [1.82, 2.24) is 9.13 Å². The molecule has 0 N–H and O–H groups in total. The Morgan fingerprint density at radius 3 is 1.55 bits per heavy atom. The molecule has 12 aromatic rings. The van der Waals surface area contributed by atoms with Gasteiger partial charge in [0, 0.05) is 43.0 Å². The molecule has 12 rings (SSSR count). The summed E-state index contributed by atoms with van der Waals surface area (Å²) in [6.45, 7) is 0. The van der Waals surface area contributed by atoms with Crippen LogP contribution in [-0.4, -0.2) is 9.13 Å². The zero-order valence-electron chi connectivity index (χ0n) is 30.2. The number of aromatic nitrogens is 2. The van der Waals surface area contributed by atoms with Crippen molar-refractivity contribution < 1.29 is 4.42 Å². The molecule has 0 spiro atoms. The molecule has 0 saturated heterocycles. The Hall–Kier alpha value is -7.14. The number of rotatable bonds is 5. The Morgan fingerprint density at radius 1 is 0.357 bits per heavy atom. The summed E-state index contributed by atoms with van der Waals surface area (Å²) in [4.78, 5) is 1.26. The van der Waals surface area contributed by atoms with E-state index in [0.29, 0.717) is 0 Å². The third-order valence-electron chi connectivity index (χ3n) is 11.3. The first-order valence-electron chi connectivity index (χ1n) is 19.0. The number of benzene rings is 8. The largest absolute Gasteiger partial charge is 0.439 e. The first kappa shape index (κ1) is 31.2. The van der Waals surface area contributed by atoms with Gasteiger partial charge in [-0.25, -0.2) is 0 Å². The van der Waals surface area contributed by atoms with Crippen molar-refractivity contribution in [3.8, 4) is 44.8 Å². The van der Waals surface area contributed by atoms with Gasteiger partial charge in [-0.15, -0.1) is 11.3 Å². The van der Waals surface area contributed by atoms with Gasteiger partial charge in [0.25, 0.3) is 0 Å². The van der Waals surface area contributed by atoms with Gasteiger partial charge in [0.2, 0.25) is 5.71 Å². The molecule has 0 bridgehead atoms. The minimum atomic E-state index is 0.861. The normalized spacial score (nSPS) is 11.9. The average Bonchev–Trinajstić information content (AvgIpc) is 4.00. The van der Waals surface area contributed by atoms with Crippen molar-refractivity contribution in [3.05, 3.63) is 194 Å². The van der Waals surface area contributed by atoms with E-state index in [-0.39, 0.29) is 0 Å². The molecule has 0 fully saturated rings. The van der Waals surface area contributed by atoms with E-state index in [9.17, 15) is 0 Å². The highest BCUT2D eigenvalue weighted by atomic mass is 32.1. The number of para-hydroxylation sites is 1. The molecule has 56 heavy (non-hydrogen) atoms. The van der Waals surface area contributed by atoms with Crippen molar-refractivity contribution in [2.45, 2.75) is 0 Å². The van der Waals surface area contributed by atoms with Crippen LogP contribution in [-0.2, 0) is 0 Å². The zero-order chi connectivity index (χ0) is 36.7. The molecule has 0 aliphatic heterocycles. The van der Waals surface area contributed by atoms with Crippen LogP contribution in [0.3, 0.4) is 0 Å². The van der Waals surface area contributed by atoms with Crippen molar-refractivity contribution in [3.63, 3.8) is 0 Å². The third-order valence-corrected chi connectivity index (χ3v) is 12.5. The highest BCUT2D eigenvalue weighted by Crippen LogP contribution is 2.45. The Labute approximate surface area is 326 Å². The van der Waals surface area contributed by atoms with E-state index in [1.54, 1.807) is 0 Å². The molecule has 0 saturated carbocycles. The smallest absolute Gasteiger partial charge is 0.213 e. The Kier molecular flexibility index (Phi) is 6.80. The second-order valence-corrected chi connectivity index (χ2v) is 15.6. The van der Waals surface area contributed by atoms with Crippen LogP contribution in [0.15, 0.2) is 199 Å². The fourth-order valence-electron chi connectivity index (χ4n) is 8.76. The van der Waals surface area contributed by atoms with Crippen molar-refractivity contribution in [1.29, 1.82) is 0 Å². The summed E-state index contributed by atoms with van der Waals surface area (Å²) in [5.74, 6) is 0. The number of furan rings is 1. The molecule has 0 radical (unpaired) electrons. The zero-order valence-corrected chi connectivity index (χ0v) is 31.0. The Bertz CT molecular complexity index is 3240. The molecule has 0 aliphatic rings. The van der Waals surface area contributed by atoms with E-state index in [0.717, 1.165) is 33.3 Å². The van der Waals surface area contributed by atoms with Gasteiger partial charge in [-0.05, 0) is 94.0 Å². The molecule has 0 aliphatic carbocycles. The molecule has 0 atom stereocenters. The fourth-order valence-corrected chi connectivity index (χ4v) is 10.0. The van der Waals surface area contributed by atoms with Crippen LogP contribution >= 0.6 is 11.3 Å². The molecule has 4 heterocycles. The summed E-state index contributed by atoms with van der Waals surface area (Å²) in [5.41, 5.74) is 13.5. The van der Waals surface area contributed by atoms with Crippen LogP contribution in [0.1, 0.15) is 0 Å². The summed E-state index contributed by atoms with van der Waals surface area (Å²) in [6, 6.07) is 70.0. The number of hydrogen-bond donors (Lipinski definition) is 0. The lowest BCUT2D eigenvalue weighted by Crippen LogP contribution is -1.94. The predicted octanol–water partition coefficient (Wildman–Crippen LogP) is 14.8. The molecule has 0 amide bonds. The molecule has 4 aromatic heterocycles.